The third-order valence-corrected chi connectivity index (χ3v) is 0.812. The second-order valence-electron chi connectivity index (χ2n) is 1.95. The van der Waals surface area contributed by atoms with Gasteiger partial charge in [-0.1, -0.05) is 0 Å². The van der Waals surface area contributed by atoms with E-state index in [1.807, 2.05) is 0 Å². The van der Waals surface area contributed by atoms with E-state index in [1.54, 1.807) is 37.4 Å². The summed E-state index contributed by atoms with van der Waals surface area (Å²) >= 11 is -3.29. The maximum atomic E-state index is 5.04. The first-order valence-corrected chi connectivity index (χ1v) is 18.1. The van der Waals surface area contributed by atoms with E-state index < -0.39 is 13.9 Å². The molecule has 0 atom stereocenters. The smallest absolute Gasteiger partial charge is 0.0919 e. The Morgan fingerprint density at radius 1 is 0.800 bits per heavy atom. The first-order valence-electron chi connectivity index (χ1n) is 3.61. The molecule has 0 bridgehead atoms. The van der Waals surface area contributed by atoms with Crippen LogP contribution >= 0.6 is 35.7 Å². The molecule has 2 aromatic rings. The van der Waals surface area contributed by atoms with Gasteiger partial charge in [-0.15, -0.1) is 0 Å². The molecule has 0 spiro atoms. The van der Waals surface area contributed by atoms with Gasteiger partial charge in [-0.3, -0.25) is 0 Å². The van der Waals surface area contributed by atoms with E-state index in [0.717, 1.165) is 0 Å². The van der Waals surface area contributed by atoms with Crippen molar-refractivity contribution in [3.63, 3.8) is 0 Å². The summed E-state index contributed by atoms with van der Waals surface area (Å²) in [6.45, 7) is 0. The van der Waals surface area contributed by atoms with Gasteiger partial charge in [0.2, 0.25) is 0 Å². The molecule has 2 aromatic heterocycles. The van der Waals surface area contributed by atoms with Crippen LogP contribution in [0.1, 0.15) is 0 Å². The quantitative estimate of drug-likeness (QED) is 0.672. The summed E-state index contributed by atoms with van der Waals surface area (Å²) in [4.78, 5) is 12.8. The molecule has 0 saturated heterocycles. The first kappa shape index (κ1) is 15.4. The Labute approximate surface area is 106 Å². The van der Waals surface area contributed by atoms with Gasteiger partial charge in [0.15, 0.2) is 0 Å². The summed E-state index contributed by atoms with van der Waals surface area (Å²) in [5.74, 6) is 0. The van der Waals surface area contributed by atoms with Crippen LogP contribution in [-0.4, -0.2) is 33.8 Å². The van der Waals surface area contributed by atoms with Crippen LogP contribution < -0.4 is 0 Å². The van der Waals surface area contributed by atoms with E-state index in [1.165, 1.54) is 0 Å². The van der Waals surface area contributed by atoms with Crippen LogP contribution in [0.4, 0.5) is 0 Å². The number of nitrogens with one attached hydrogen (secondary N) is 2. The summed E-state index contributed by atoms with van der Waals surface area (Å²) in [7, 11) is 20.1. The molecule has 0 fully saturated rings. The Morgan fingerprint density at radius 2 is 1.13 bits per heavy atom. The summed E-state index contributed by atoms with van der Waals surface area (Å²) in [5.41, 5.74) is 0. The van der Waals surface area contributed by atoms with Crippen molar-refractivity contribution in [3.8, 4) is 0 Å². The van der Waals surface area contributed by atoms with Crippen molar-refractivity contribution in [2.45, 2.75) is 0 Å². The monoisotopic (exact) mass is 396 g/mol. The van der Waals surface area contributed by atoms with E-state index in [4.69, 9.17) is 35.7 Å². The fourth-order valence-electron chi connectivity index (χ4n) is 0.430. The van der Waals surface area contributed by atoms with Crippen molar-refractivity contribution >= 4 is 49.6 Å². The predicted octanol–water partition coefficient (Wildman–Crippen LogP) is 3.20. The number of hydrogen-bond donors (Lipinski definition) is 2. The number of halogens is 4. The average molecular weight is 397 g/mol. The second-order valence-corrected chi connectivity index (χ2v) is 27.4. The maximum Gasteiger partial charge on any atom is 0.0919 e. The fourth-order valence-corrected chi connectivity index (χ4v) is 0.430. The van der Waals surface area contributed by atoms with Crippen molar-refractivity contribution in [1.29, 1.82) is 0 Å². The molecular weight excluding hydrogens is 389 g/mol. The maximum absolute atomic E-state index is 5.04. The van der Waals surface area contributed by atoms with Crippen molar-refractivity contribution in [3.05, 3.63) is 37.4 Å². The molecule has 0 unspecified atom stereocenters. The van der Waals surface area contributed by atoms with E-state index in [9.17, 15) is 0 Å². The van der Waals surface area contributed by atoms with Crippen LogP contribution in [0.5, 0.6) is 0 Å². The molecule has 0 aliphatic rings. The summed E-state index contributed by atoms with van der Waals surface area (Å²) in [6, 6.07) is 0. The third kappa shape index (κ3) is 20.5. The molecule has 84 valence electrons. The van der Waals surface area contributed by atoms with Crippen LogP contribution in [0.15, 0.2) is 37.4 Å². The minimum atomic E-state index is -3.29. The fraction of sp³-hybridized carbons (Fsp3) is 0. The molecule has 0 amide bonds. The standard InChI is InChI=1S/2C3H4N2.4ClH.Sn/c2*1-2-5-3-4-1;;;;;/h2*1-3H,(H,4,5);4*1H;/q;;;;;;+4/p-4. The molecule has 9 heteroatoms. The van der Waals surface area contributed by atoms with E-state index in [0.29, 0.717) is 0 Å². The van der Waals surface area contributed by atoms with Gasteiger partial charge in [0.1, 0.15) is 0 Å². The molecule has 4 nitrogen and oxygen atoms in total. The molecule has 0 aromatic carbocycles. The summed E-state index contributed by atoms with van der Waals surface area (Å²) < 4.78 is 0. The topological polar surface area (TPSA) is 57.4 Å². The Bertz CT molecular complexity index is 227. The minimum absolute atomic E-state index is 1.62. The van der Waals surface area contributed by atoms with Gasteiger partial charge in [-0.05, 0) is 0 Å². The van der Waals surface area contributed by atoms with E-state index in [-0.39, 0.29) is 0 Å². The largest absolute Gasteiger partial charge is 0.351 e. The van der Waals surface area contributed by atoms with Gasteiger partial charge in [-0.2, -0.15) is 0 Å². The summed E-state index contributed by atoms with van der Waals surface area (Å²) in [5, 5.41) is 0. The number of H-pyrrole nitrogens is 2. The van der Waals surface area contributed by atoms with Crippen molar-refractivity contribution in [2.24, 2.45) is 0 Å². The second kappa shape index (κ2) is 9.59. The zero-order valence-corrected chi connectivity index (χ0v) is 13.2. The molecule has 0 saturated carbocycles. The van der Waals surface area contributed by atoms with Gasteiger partial charge >= 0.3 is 49.6 Å². The van der Waals surface area contributed by atoms with Crippen molar-refractivity contribution < 1.29 is 0 Å². The number of nitrogens with zero attached hydrogens (tertiary/aromatic N) is 2. The Morgan fingerprint density at radius 3 is 1.20 bits per heavy atom. The van der Waals surface area contributed by atoms with Crippen molar-refractivity contribution in [2.75, 3.05) is 0 Å². The Balaban J connectivity index is 0.000000196. The molecule has 2 rings (SSSR count). The number of aromatic nitrogens is 4. The van der Waals surface area contributed by atoms with Gasteiger partial charge in [0.25, 0.3) is 0 Å². The molecular formula is C6H8Cl4N4Sn. The van der Waals surface area contributed by atoms with Crippen molar-refractivity contribution in [1.82, 2.24) is 19.9 Å². The zero-order chi connectivity index (χ0) is 11.6. The van der Waals surface area contributed by atoms with Crippen LogP contribution in [0.3, 0.4) is 0 Å². The van der Waals surface area contributed by atoms with E-state index in [2.05, 4.69) is 19.9 Å². The van der Waals surface area contributed by atoms with Gasteiger partial charge < -0.3 is 9.97 Å². The Kier molecular flexibility index (Phi) is 9.84. The van der Waals surface area contributed by atoms with Crippen LogP contribution in [0.25, 0.3) is 0 Å². The number of hydrogen-bond acceptors (Lipinski definition) is 2. The molecule has 2 N–H and O–H groups in total. The van der Waals surface area contributed by atoms with Gasteiger partial charge in [0.05, 0.1) is 12.7 Å². The van der Waals surface area contributed by atoms with E-state index >= 15 is 0 Å². The van der Waals surface area contributed by atoms with Gasteiger partial charge in [0, 0.05) is 24.8 Å². The zero-order valence-electron chi connectivity index (χ0n) is 7.37. The third-order valence-electron chi connectivity index (χ3n) is 0.812. The Hall–Kier alpha value is 0.379. The predicted molar refractivity (Wildman–Crippen MR) is 66.3 cm³/mol. The minimum Gasteiger partial charge on any atom is -0.351 e. The number of imidazole rings is 2. The SMILES string of the molecule is [Cl][Sn]([Cl])([Cl])[Cl].c1c[nH]cn1.c1c[nH]cn1. The molecule has 0 aliphatic carbocycles. The average Bonchev–Trinajstić information content (AvgIpc) is 2.81. The first-order chi connectivity index (χ1) is 7.00. The van der Waals surface area contributed by atoms with Crippen LogP contribution in [-0.2, 0) is 0 Å². The normalized spacial score (nSPS) is 9.33. The molecule has 0 radical (unpaired) electrons. The van der Waals surface area contributed by atoms with Gasteiger partial charge in [-0.25, -0.2) is 9.97 Å². The number of aromatic amines is 2. The molecule has 15 heavy (non-hydrogen) atoms. The molecule has 2 heterocycles. The van der Waals surface area contributed by atoms with Crippen LogP contribution in [0.2, 0.25) is 0 Å². The number of rotatable bonds is 0. The molecule has 0 aliphatic heterocycles. The summed E-state index contributed by atoms with van der Waals surface area (Å²) in [6.07, 6.45) is 10.2. The van der Waals surface area contributed by atoms with Crippen LogP contribution in [0, 0.1) is 0 Å².